The Morgan fingerprint density at radius 3 is 2.82 bits per heavy atom. The smallest absolute Gasteiger partial charge is 0.0379 e. The van der Waals surface area contributed by atoms with Crippen molar-refractivity contribution in [2.75, 3.05) is 11.9 Å². The molecular formula is C14H13BrN2. The highest BCUT2D eigenvalue weighted by atomic mass is 79.9. The number of aromatic nitrogens is 1. The first-order chi connectivity index (χ1) is 8.34. The van der Waals surface area contributed by atoms with Gasteiger partial charge in [-0.25, -0.2) is 0 Å². The summed E-state index contributed by atoms with van der Waals surface area (Å²) in [4.78, 5) is 4.09. The largest absolute Gasteiger partial charge is 0.385 e. The molecule has 0 saturated carbocycles. The highest BCUT2D eigenvalue weighted by Gasteiger charge is 2.21. The summed E-state index contributed by atoms with van der Waals surface area (Å²) in [7, 11) is 0. The Balaban J connectivity index is 2.08. The van der Waals surface area contributed by atoms with Crippen LogP contribution in [0.2, 0.25) is 0 Å². The van der Waals surface area contributed by atoms with E-state index in [2.05, 4.69) is 56.6 Å². The minimum Gasteiger partial charge on any atom is -0.385 e. The van der Waals surface area contributed by atoms with E-state index < -0.39 is 0 Å². The van der Waals surface area contributed by atoms with Crippen LogP contribution in [-0.2, 0) is 0 Å². The minimum atomic E-state index is 0.478. The van der Waals surface area contributed by atoms with E-state index in [1.54, 1.807) is 0 Å². The predicted octanol–water partition coefficient (Wildman–Crippen LogP) is 3.79. The number of nitrogens with zero attached hydrogens (tertiary/aromatic N) is 1. The molecule has 2 nitrogen and oxygen atoms in total. The lowest BCUT2D eigenvalue weighted by atomic mass is 9.86. The number of anilines is 1. The summed E-state index contributed by atoms with van der Waals surface area (Å²) in [5.74, 6) is 0.478. The number of benzene rings is 1. The molecule has 0 fully saturated rings. The van der Waals surface area contributed by atoms with Gasteiger partial charge >= 0.3 is 0 Å². The van der Waals surface area contributed by atoms with Crippen LogP contribution in [0.15, 0.2) is 47.2 Å². The van der Waals surface area contributed by atoms with E-state index in [0.717, 1.165) is 17.4 Å². The van der Waals surface area contributed by atoms with Crippen molar-refractivity contribution in [3.8, 4) is 0 Å². The van der Waals surface area contributed by atoms with Gasteiger partial charge in [0.05, 0.1) is 0 Å². The fraction of sp³-hybridized carbons (Fsp3) is 0.214. The summed E-state index contributed by atoms with van der Waals surface area (Å²) in [6.45, 7) is 1.03. The van der Waals surface area contributed by atoms with Crippen LogP contribution in [0.1, 0.15) is 23.5 Å². The summed E-state index contributed by atoms with van der Waals surface area (Å²) in [5, 5.41) is 3.45. The van der Waals surface area contributed by atoms with E-state index in [1.807, 2.05) is 12.4 Å². The van der Waals surface area contributed by atoms with Gasteiger partial charge in [0.2, 0.25) is 0 Å². The molecule has 3 heteroatoms. The zero-order valence-corrected chi connectivity index (χ0v) is 10.9. The van der Waals surface area contributed by atoms with Crippen LogP contribution in [-0.4, -0.2) is 11.5 Å². The third kappa shape index (κ3) is 2.07. The topological polar surface area (TPSA) is 24.9 Å². The molecule has 1 aromatic carbocycles. The second-order valence-electron chi connectivity index (χ2n) is 4.28. The maximum Gasteiger partial charge on any atom is 0.0379 e. The molecule has 2 heterocycles. The summed E-state index contributed by atoms with van der Waals surface area (Å²) >= 11 is 3.55. The first-order valence-corrected chi connectivity index (χ1v) is 6.57. The van der Waals surface area contributed by atoms with E-state index in [1.165, 1.54) is 16.8 Å². The average molecular weight is 289 g/mol. The molecule has 1 atom stereocenters. The van der Waals surface area contributed by atoms with Gasteiger partial charge in [0.15, 0.2) is 0 Å². The summed E-state index contributed by atoms with van der Waals surface area (Å²) in [6.07, 6.45) is 4.87. The number of nitrogens with one attached hydrogen (secondary N) is 1. The molecule has 2 aromatic rings. The number of pyridine rings is 1. The van der Waals surface area contributed by atoms with Crippen molar-refractivity contribution in [1.82, 2.24) is 4.98 Å². The molecular weight excluding hydrogens is 276 g/mol. The molecule has 0 spiro atoms. The molecule has 0 radical (unpaired) electrons. The number of fused-ring (bicyclic) bond motifs is 1. The normalized spacial score (nSPS) is 18.3. The quantitative estimate of drug-likeness (QED) is 0.864. The fourth-order valence-electron chi connectivity index (χ4n) is 2.43. The van der Waals surface area contributed by atoms with Crippen LogP contribution in [0.5, 0.6) is 0 Å². The predicted molar refractivity (Wildman–Crippen MR) is 73.3 cm³/mol. The third-order valence-corrected chi connectivity index (χ3v) is 3.74. The highest BCUT2D eigenvalue weighted by molar-refractivity contribution is 9.10. The lowest BCUT2D eigenvalue weighted by Gasteiger charge is -2.27. The Morgan fingerprint density at radius 2 is 2.00 bits per heavy atom. The molecule has 86 valence electrons. The van der Waals surface area contributed by atoms with Gasteiger partial charge in [0.1, 0.15) is 0 Å². The minimum absolute atomic E-state index is 0.478. The lowest BCUT2D eigenvalue weighted by Crippen LogP contribution is -2.17. The van der Waals surface area contributed by atoms with Gasteiger partial charge in [-0.3, -0.25) is 4.98 Å². The van der Waals surface area contributed by atoms with Gasteiger partial charge in [0, 0.05) is 35.0 Å². The number of hydrogen-bond acceptors (Lipinski definition) is 2. The van der Waals surface area contributed by atoms with Crippen LogP contribution in [0.4, 0.5) is 5.69 Å². The third-order valence-electron chi connectivity index (χ3n) is 3.25. The maximum absolute atomic E-state index is 4.09. The molecule has 17 heavy (non-hydrogen) atoms. The fourth-order valence-corrected chi connectivity index (χ4v) is 2.81. The Labute approximate surface area is 109 Å². The molecule has 0 amide bonds. The Kier molecular flexibility index (Phi) is 2.85. The lowest BCUT2D eigenvalue weighted by molar-refractivity contribution is 0.718. The monoisotopic (exact) mass is 288 g/mol. The first-order valence-electron chi connectivity index (χ1n) is 5.78. The Morgan fingerprint density at radius 1 is 1.18 bits per heavy atom. The second-order valence-corrected chi connectivity index (χ2v) is 5.20. The van der Waals surface area contributed by atoms with E-state index >= 15 is 0 Å². The van der Waals surface area contributed by atoms with Crippen molar-refractivity contribution in [1.29, 1.82) is 0 Å². The van der Waals surface area contributed by atoms with Gasteiger partial charge in [0.25, 0.3) is 0 Å². The molecule has 1 aromatic heterocycles. The second kappa shape index (κ2) is 4.49. The molecule has 1 unspecified atom stereocenters. The average Bonchev–Trinajstić information content (AvgIpc) is 2.39. The van der Waals surface area contributed by atoms with E-state index in [9.17, 15) is 0 Å². The van der Waals surface area contributed by atoms with Crippen LogP contribution in [0.3, 0.4) is 0 Å². The summed E-state index contributed by atoms with van der Waals surface area (Å²) < 4.78 is 1.14. The SMILES string of the molecule is Brc1ccc2c(c1)C(c1ccncc1)CCN2. The van der Waals surface area contributed by atoms with Gasteiger partial charge in [-0.05, 0) is 47.9 Å². The zero-order valence-electron chi connectivity index (χ0n) is 9.36. The van der Waals surface area contributed by atoms with Gasteiger partial charge in [-0.2, -0.15) is 0 Å². The van der Waals surface area contributed by atoms with E-state index in [4.69, 9.17) is 0 Å². The van der Waals surface area contributed by atoms with Crippen molar-refractivity contribution in [2.24, 2.45) is 0 Å². The van der Waals surface area contributed by atoms with Crippen LogP contribution in [0.25, 0.3) is 0 Å². The molecule has 1 aliphatic heterocycles. The standard InChI is InChI=1S/C14H13BrN2/c15-11-1-2-14-13(9-11)12(5-8-17-14)10-3-6-16-7-4-10/h1-4,6-7,9,12,17H,5,8H2. The van der Waals surface area contributed by atoms with Crippen LogP contribution >= 0.6 is 15.9 Å². The molecule has 3 rings (SSSR count). The van der Waals surface area contributed by atoms with Crippen LogP contribution < -0.4 is 5.32 Å². The van der Waals surface area contributed by atoms with Crippen molar-refractivity contribution < 1.29 is 0 Å². The van der Waals surface area contributed by atoms with Crippen molar-refractivity contribution in [3.05, 3.63) is 58.3 Å². The van der Waals surface area contributed by atoms with Crippen molar-refractivity contribution >= 4 is 21.6 Å². The van der Waals surface area contributed by atoms with Gasteiger partial charge in [-0.1, -0.05) is 15.9 Å². The van der Waals surface area contributed by atoms with E-state index in [0.29, 0.717) is 5.92 Å². The molecule has 1 N–H and O–H groups in total. The highest BCUT2D eigenvalue weighted by Crippen LogP contribution is 2.37. The zero-order chi connectivity index (χ0) is 11.7. The molecule has 1 aliphatic rings. The maximum atomic E-state index is 4.09. The van der Waals surface area contributed by atoms with Gasteiger partial charge in [-0.15, -0.1) is 0 Å². The molecule has 0 bridgehead atoms. The number of halogens is 1. The summed E-state index contributed by atoms with van der Waals surface area (Å²) in [5.41, 5.74) is 3.97. The van der Waals surface area contributed by atoms with E-state index in [-0.39, 0.29) is 0 Å². The van der Waals surface area contributed by atoms with Crippen molar-refractivity contribution in [2.45, 2.75) is 12.3 Å². The summed E-state index contributed by atoms with van der Waals surface area (Å²) in [6, 6.07) is 10.7. The Bertz CT molecular complexity index is 525. The van der Waals surface area contributed by atoms with Gasteiger partial charge < -0.3 is 5.32 Å². The number of rotatable bonds is 1. The first kappa shape index (κ1) is 10.8. The van der Waals surface area contributed by atoms with Crippen LogP contribution in [0, 0.1) is 0 Å². The number of hydrogen-bond donors (Lipinski definition) is 1. The molecule has 0 aliphatic carbocycles. The molecule has 0 saturated heterocycles. The van der Waals surface area contributed by atoms with Crippen molar-refractivity contribution in [3.63, 3.8) is 0 Å². The Hall–Kier alpha value is -1.35.